The fraction of sp³-hybridized carbons (Fsp3) is 0.261. The van der Waals surface area contributed by atoms with Crippen LogP contribution in [0.4, 0.5) is 24.5 Å². The highest BCUT2D eigenvalue weighted by Gasteiger charge is 2.35. The Morgan fingerprint density at radius 2 is 1.63 bits per heavy atom. The van der Waals surface area contributed by atoms with Crippen LogP contribution in [-0.4, -0.2) is 18.7 Å². The van der Waals surface area contributed by atoms with Crippen LogP contribution in [0.25, 0.3) is 11.3 Å². The third-order valence-electron chi connectivity index (χ3n) is 5.15. The molecule has 3 rings (SSSR count). The Balaban J connectivity index is 2.24. The van der Waals surface area contributed by atoms with Gasteiger partial charge < -0.3 is 15.2 Å². The van der Waals surface area contributed by atoms with Crippen LogP contribution in [-0.2, 0) is 12.7 Å². The fourth-order valence-electron chi connectivity index (χ4n) is 3.42. The van der Waals surface area contributed by atoms with Gasteiger partial charge in [0.1, 0.15) is 5.69 Å². The molecular weight excluding hydrogens is 391 g/mol. The molecule has 0 bridgehead atoms. The van der Waals surface area contributed by atoms with E-state index in [1.165, 1.54) is 4.57 Å². The molecule has 0 fully saturated rings. The number of anilines is 2. The van der Waals surface area contributed by atoms with E-state index in [2.05, 4.69) is 0 Å². The molecule has 0 radical (unpaired) electrons. The molecule has 3 aromatic rings. The van der Waals surface area contributed by atoms with Crippen molar-refractivity contribution in [2.75, 3.05) is 24.7 Å². The summed E-state index contributed by atoms with van der Waals surface area (Å²) in [5.41, 5.74) is 7.32. The van der Waals surface area contributed by atoms with Crippen LogP contribution in [0.1, 0.15) is 22.3 Å². The number of alkyl halides is 3. The van der Waals surface area contributed by atoms with Crippen molar-refractivity contribution in [3.8, 4) is 11.3 Å². The molecule has 30 heavy (non-hydrogen) atoms. The van der Waals surface area contributed by atoms with Gasteiger partial charge in [-0.3, -0.25) is 4.79 Å². The second kappa shape index (κ2) is 7.89. The number of hydrogen-bond acceptors (Lipinski definition) is 3. The maximum Gasteiger partial charge on any atom is 0.418 e. The molecule has 0 aliphatic rings. The first-order chi connectivity index (χ1) is 14.0. The molecule has 1 aromatic heterocycles. The van der Waals surface area contributed by atoms with Gasteiger partial charge in [-0.2, -0.15) is 13.2 Å². The second-order valence-electron chi connectivity index (χ2n) is 7.62. The standard InChI is InChI=1S/C23H24F3N3O/c1-14-5-6-17(15(2)11-14)13-29-20(16-7-9-18(10-8-16)28(3)4)12-19(23(24,25)26)21(27)22(29)30/h5-12H,13,27H2,1-4H3. The molecule has 2 N–H and O–H groups in total. The van der Waals surface area contributed by atoms with E-state index in [1.54, 1.807) is 24.3 Å². The number of rotatable bonds is 4. The lowest BCUT2D eigenvalue weighted by molar-refractivity contribution is -0.137. The van der Waals surface area contributed by atoms with Crippen molar-refractivity contribution in [1.82, 2.24) is 4.57 Å². The predicted octanol–water partition coefficient (Wildman–Crippen LogP) is 4.85. The normalized spacial score (nSPS) is 11.6. The highest BCUT2D eigenvalue weighted by Crippen LogP contribution is 2.35. The Hall–Kier alpha value is -3.22. The van der Waals surface area contributed by atoms with Gasteiger partial charge in [-0.05, 0) is 48.7 Å². The van der Waals surface area contributed by atoms with Gasteiger partial charge >= 0.3 is 6.18 Å². The maximum atomic E-state index is 13.5. The van der Waals surface area contributed by atoms with Crippen LogP contribution >= 0.6 is 0 Å². The summed E-state index contributed by atoms with van der Waals surface area (Å²) in [6.07, 6.45) is -4.72. The van der Waals surface area contributed by atoms with Crippen LogP contribution in [0.5, 0.6) is 0 Å². The third-order valence-corrected chi connectivity index (χ3v) is 5.15. The zero-order valence-electron chi connectivity index (χ0n) is 17.3. The van der Waals surface area contributed by atoms with Gasteiger partial charge in [-0.25, -0.2) is 0 Å². The SMILES string of the molecule is Cc1ccc(Cn2c(-c3ccc(N(C)C)cc3)cc(C(F)(F)F)c(N)c2=O)c(C)c1. The molecule has 0 amide bonds. The molecule has 7 heteroatoms. The molecule has 1 heterocycles. The summed E-state index contributed by atoms with van der Waals surface area (Å²) < 4.78 is 41.9. The van der Waals surface area contributed by atoms with E-state index in [1.807, 2.05) is 51.0 Å². The lowest BCUT2D eigenvalue weighted by Gasteiger charge is -2.20. The molecule has 0 unspecified atom stereocenters. The summed E-state index contributed by atoms with van der Waals surface area (Å²) in [6.45, 7) is 3.99. The first-order valence-corrected chi connectivity index (χ1v) is 9.43. The van der Waals surface area contributed by atoms with Gasteiger partial charge in [-0.1, -0.05) is 35.9 Å². The van der Waals surface area contributed by atoms with E-state index in [-0.39, 0.29) is 12.2 Å². The summed E-state index contributed by atoms with van der Waals surface area (Å²) in [5.74, 6) is 0. The molecule has 2 aromatic carbocycles. The molecular formula is C23H24F3N3O. The molecule has 0 saturated carbocycles. The van der Waals surface area contributed by atoms with Gasteiger partial charge in [0.15, 0.2) is 0 Å². The number of aryl methyl sites for hydroxylation is 2. The average molecular weight is 415 g/mol. The van der Waals surface area contributed by atoms with Gasteiger partial charge in [0, 0.05) is 19.8 Å². The Kier molecular flexibility index (Phi) is 5.65. The number of halogens is 3. The van der Waals surface area contributed by atoms with Gasteiger partial charge in [0.2, 0.25) is 0 Å². The fourth-order valence-corrected chi connectivity index (χ4v) is 3.42. The van der Waals surface area contributed by atoms with Crippen molar-refractivity contribution in [2.24, 2.45) is 0 Å². The summed E-state index contributed by atoms with van der Waals surface area (Å²) >= 11 is 0. The van der Waals surface area contributed by atoms with Crippen molar-refractivity contribution in [3.63, 3.8) is 0 Å². The Labute approximate surface area is 173 Å². The van der Waals surface area contributed by atoms with E-state index >= 15 is 0 Å². The Morgan fingerprint density at radius 1 is 1.00 bits per heavy atom. The van der Waals surface area contributed by atoms with Crippen molar-refractivity contribution in [3.05, 3.63) is 81.1 Å². The van der Waals surface area contributed by atoms with Crippen molar-refractivity contribution in [2.45, 2.75) is 26.6 Å². The zero-order chi connectivity index (χ0) is 22.2. The van der Waals surface area contributed by atoms with Gasteiger partial charge in [0.25, 0.3) is 5.56 Å². The van der Waals surface area contributed by atoms with E-state index in [0.717, 1.165) is 28.4 Å². The predicted molar refractivity (Wildman–Crippen MR) is 115 cm³/mol. The van der Waals surface area contributed by atoms with Crippen molar-refractivity contribution < 1.29 is 13.2 Å². The van der Waals surface area contributed by atoms with E-state index < -0.39 is 23.0 Å². The number of pyridine rings is 1. The highest BCUT2D eigenvalue weighted by molar-refractivity contribution is 5.67. The minimum absolute atomic E-state index is 0.123. The largest absolute Gasteiger partial charge is 0.418 e. The summed E-state index contributed by atoms with van der Waals surface area (Å²) in [4.78, 5) is 14.8. The number of aromatic nitrogens is 1. The van der Waals surface area contributed by atoms with Crippen LogP contribution in [0, 0.1) is 13.8 Å². The zero-order valence-corrected chi connectivity index (χ0v) is 17.3. The number of nitrogen functional groups attached to an aromatic ring is 1. The molecule has 0 atom stereocenters. The van der Waals surface area contributed by atoms with E-state index in [0.29, 0.717) is 5.56 Å². The minimum Gasteiger partial charge on any atom is -0.394 e. The monoisotopic (exact) mass is 415 g/mol. The smallest absolute Gasteiger partial charge is 0.394 e. The van der Waals surface area contributed by atoms with Crippen LogP contribution in [0.3, 0.4) is 0 Å². The molecule has 0 aliphatic carbocycles. The highest BCUT2D eigenvalue weighted by atomic mass is 19.4. The minimum atomic E-state index is -4.72. The quantitative estimate of drug-likeness (QED) is 0.663. The number of nitrogens with two attached hydrogens (primary N) is 1. The first kappa shape index (κ1) is 21.5. The lowest BCUT2D eigenvalue weighted by Crippen LogP contribution is -2.29. The number of hydrogen-bond donors (Lipinski definition) is 1. The lowest BCUT2D eigenvalue weighted by atomic mass is 10.0. The van der Waals surface area contributed by atoms with Crippen LogP contribution < -0.4 is 16.2 Å². The van der Waals surface area contributed by atoms with Gasteiger partial charge in [-0.15, -0.1) is 0 Å². The average Bonchev–Trinajstić information content (AvgIpc) is 2.66. The van der Waals surface area contributed by atoms with Crippen LogP contribution in [0.2, 0.25) is 0 Å². The second-order valence-corrected chi connectivity index (χ2v) is 7.62. The summed E-state index contributed by atoms with van der Waals surface area (Å²) in [5, 5.41) is 0. The molecule has 158 valence electrons. The number of benzene rings is 2. The maximum absolute atomic E-state index is 13.5. The summed E-state index contributed by atoms with van der Waals surface area (Å²) in [7, 11) is 3.74. The van der Waals surface area contributed by atoms with Crippen molar-refractivity contribution >= 4 is 11.4 Å². The molecule has 0 aliphatic heterocycles. The van der Waals surface area contributed by atoms with E-state index in [9.17, 15) is 18.0 Å². The molecule has 4 nitrogen and oxygen atoms in total. The topological polar surface area (TPSA) is 51.3 Å². The number of nitrogens with zero attached hydrogens (tertiary/aromatic N) is 2. The van der Waals surface area contributed by atoms with Crippen molar-refractivity contribution in [1.29, 1.82) is 0 Å². The van der Waals surface area contributed by atoms with Gasteiger partial charge in [0.05, 0.1) is 17.8 Å². The Bertz CT molecular complexity index is 1130. The van der Waals surface area contributed by atoms with Crippen LogP contribution in [0.15, 0.2) is 53.3 Å². The molecule has 0 saturated heterocycles. The Morgan fingerprint density at radius 3 is 2.17 bits per heavy atom. The summed E-state index contributed by atoms with van der Waals surface area (Å²) in [6, 6.07) is 13.7. The third kappa shape index (κ3) is 4.20. The van der Waals surface area contributed by atoms with E-state index in [4.69, 9.17) is 5.73 Å². The first-order valence-electron chi connectivity index (χ1n) is 9.43. The molecule has 0 spiro atoms.